The van der Waals surface area contributed by atoms with Crippen LogP contribution in [0.5, 0.6) is 0 Å². The maximum atomic E-state index is 5.87. The molecule has 0 bridgehead atoms. The van der Waals surface area contributed by atoms with E-state index in [4.69, 9.17) is 10.7 Å². The van der Waals surface area contributed by atoms with E-state index >= 15 is 0 Å². The Morgan fingerprint density at radius 3 is 2.19 bits per heavy atom. The van der Waals surface area contributed by atoms with Gasteiger partial charge in [0.05, 0.1) is 10.7 Å². The average Bonchev–Trinajstić information content (AvgIpc) is 2.48. The Labute approximate surface area is 103 Å². The first kappa shape index (κ1) is 13.7. The van der Waals surface area contributed by atoms with Gasteiger partial charge < -0.3 is 5.73 Å². The minimum Gasteiger partial charge on any atom is -0.330 e. The standard InChI is InChI=1S/C13H24N2S/c1-8(2)10(7-14)11-9(3)15-12(16-11)13(4,5)6/h8,10H,7,14H2,1-6H3. The molecule has 1 aromatic rings. The number of aromatic nitrogens is 1. The maximum absolute atomic E-state index is 5.87. The highest BCUT2D eigenvalue weighted by Gasteiger charge is 2.24. The molecule has 0 aliphatic carbocycles. The number of nitrogens with two attached hydrogens (primary N) is 1. The van der Waals surface area contributed by atoms with Crippen LogP contribution in [0.15, 0.2) is 0 Å². The van der Waals surface area contributed by atoms with Crippen molar-refractivity contribution in [2.75, 3.05) is 6.54 Å². The molecule has 2 nitrogen and oxygen atoms in total. The van der Waals surface area contributed by atoms with Gasteiger partial charge in [0, 0.05) is 22.8 Å². The molecule has 1 heterocycles. The van der Waals surface area contributed by atoms with E-state index in [1.54, 1.807) is 0 Å². The maximum Gasteiger partial charge on any atom is 0.0984 e. The van der Waals surface area contributed by atoms with Gasteiger partial charge in [-0.05, 0) is 12.8 Å². The number of hydrogen-bond acceptors (Lipinski definition) is 3. The number of thiazole rings is 1. The SMILES string of the molecule is Cc1nc(C(C)(C)C)sc1C(CN)C(C)C. The second-order valence-corrected chi connectivity index (χ2v) is 6.84. The first-order valence-corrected chi connectivity index (χ1v) is 6.77. The van der Waals surface area contributed by atoms with E-state index in [1.807, 2.05) is 11.3 Å². The zero-order valence-electron chi connectivity index (χ0n) is 11.3. The molecule has 2 N–H and O–H groups in total. The smallest absolute Gasteiger partial charge is 0.0984 e. The van der Waals surface area contributed by atoms with Crippen LogP contribution in [0, 0.1) is 12.8 Å². The lowest BCUT2D eigenvalue weighted by atomic mass is 9.93. The molecule has 0 aliphatic rings. The molecule has 1 aromatic heterocycles. The molecule has 0 spiro atoms. The van der Waals surface area contributed by atoms with Crippen molar-refractivity contribution in [1.29, 1.82) is 0 Å². The lowest BCUT2D eigenvalue weighted by Gasteiger charge is -2.18. The quantitative estimate of drug-likeness (QED) is 0.879. The van der Waals surface area contributed by atoms with E-state index in [2.05, 4.69) is 41.5 Å². The van der Waals surface area contributed by atoms with Gasteiger partial charge in [-0.15, -0.1) is 11.3 Å². The van der Waals surface area contributed by atoms with E-state index < -0.39 is 0 Å². The van der Waals surface area contributed by atoms with Crippen LogP contribution in [0.25, 0.3) is 0 Å². The van der Waals surface area contributed by atoms with E-state index in [9.17, 15) is 0 Å². The second kappa shape index (κ2) is 4.84. The zero-order chi connectivity index (χ0) is 12.5. The summed E-state index contributed by atoms with van der Waals surface area (Å²) in [5.74, 6) is 1.03. The molecule has 0 aliphatic heterocycles. The van der Waals surface area contributed by atoms with E-state index in [-0.39, 0.29) is 5.41 Å². The molecule has 0 saturated heterocycles. The van der Waals surface area contributed by atoms with Crippen molar-refractivity contribution in [3.05, 3.63) is 15.6 Å². The third-order valence-electron chi connectivity index (χ3n) is 2.87. The molecule has 1 unspecified atom stereocenters. The van der Waals surface area contributed by atoms with Gasteiger partial charge in [-0.25, -0.2) is 4.98 Å². The minimum absolute atomic E-state index is 0.143. The molecule has 1 atom stereocenters. The predicted octanol–water partition coefficient (Wildman–Crippen LogP) is 3.45. The van der Waals surface area contributed by atoms with Crippen molar-refractivity contribution in [2.24, 2.45) is 11.7 Å². The highest BCUT2D eigenvalue weighted by Crippen LogP contribution is 2.35. The first-order valence-electron chi connectivity index (χ1n) is 5.95. The summed E-state index contributed by atoms with van der Waals surface area (Å²) in [6, 6.07) is 0. The summed E-state index contributed by atoms with van der Waals surface area (Å²) in [6.07, 6.45) is 0. The third kappa shape index (κ3) is 2.83. The van der Waals surface area contributed by atoms with Crippen molar-refractivity contribution < 1.29 is 0 Å². The van der Waals surface area contributed by atoms with Crippen LogP contribution in [-0.2, 0) is 5.41 Å². The van der Waals surface area contributed by atoms with Crippen LogP contribution >= 0.6 is 11.3 Å². The average molecular weight is 240 g/mol. The Kier molecular flexibility index (Phi) is 4.13. The monoisotopic (exact) mass is 240 g/mol. The number of rotatable bonds is 3. The number of hydrogen-bond donors (Lipinski definition) is 1. The van der Waals surface area contributed by atoms with E-state index in [1.165, 1.54) is 15.6 Å². The Morgan fingerprint density at radius 1 is 1.31 bits per heavy atom. The third-order valence-corrected chi connectivity index (χ3v) is 4.58. The highest BCUT2D eigenvalue weighted by molar-refractivity contribution is 7.12. The van der Waals surface area contributed by atoms with Crippen molar-refractivity contribution in [3.8, 4) is 0 Å². The molecular formula is C13H24N2S. The van der Waals surface area contributed by atoms with Crippen LogP contribution in [0.1, 0.15) is 56.1 Å². The van der Waals surface area contributed by atoms with Crippen LogP contribution in [-0.4, -0.2) is 11.5 Å². The molecule has 0 amide bonds. The molecule has 16 heavy (non-hydrogen) atoms. The minimum atomic E-state index is 0.143. The van der Waals surface area contributed by atoms with Crippen molar-refractivity contribution in [3.63, 3.8) is 0 Å². The van der Waals surface area contributed by atoms with Gasteiger partial charge in [0.15, 0.2) is 0 Å². The van der Waals surface area contributed by atoms with Gasteiger partial charge in [-0.2, -0.15) is 0 Å². The topological polar surface area (TPSA) is 38.9 Å². The summed E-state index contributed by atoms with van der Waals surface area (Å²) >= 11 is 1.84. The fourth-order valence-corrected chi connectivity index (χ4v) is 3.17. The lowest BCUT2D eigenvalue weighted by Crippen LogP contribution is -2.17. The summed E-state index contributed by atoms with van der Waals surface area (Å²) in [5, 5.41) is 1.22. The molecule has 0 radical (unpaired) electrons. The van der Waals surface area contributed by atoms with Gasteiger partial charge in [-0.3, -0.25) is 0 Å². The molecule has 3 heteroatoms. The highest BCUT2D eigenvalue weighted by atomic mass is 32.1. The van der Waals surface area contributed by atoms with Crippen LogP contribution in [0.4, 0.5) is 0 Å². The Balaban J connectivity index is 3.11. The summed E-state index contributed by atoms with van der Waals surface area (Å²) in [6.45, 7) is 13.9. The molecule has 0 fully saturated rings. The molecular weight excluding hydrogens is 216 g/mol. The molecule has 0 saturated carbocycles. The molecule has 0 aromatic carbocycles. The fraction of sp³-hybridized carbons (Fsp3) is 0.769. The fourth-order valence-electron chi connectivity index (χ4n) is 1.75. The second-order valence-electron chi connectivity index (χ2n) is 5.80. The van der Waals surface area contributed by atoms with Crippen LogP contribution in [0.3, 0.4) is 0 Å². The summed E-state index contributed by atoms with van der Waals surface area (Å²) in [4.78, 5) is 6.07. The predicted molar refractivity (Wildman–Crippen MR) is 72.2 cm³/mol. The number of nitrogens with zero attached hydrogens (tertiary/aromatic N) is 1. The first-order chi connectivity index (χ1) is 7.27. The van der Waals surface area contributed by atoms with E-state index in [0.29, 0.717) is 18.4 Å². The number of aryl methyl sites for hydroxylation is 1. The summed E-state index contributed by atoms with van der Waals surface area (Å²) < 4.78 is 0. The van der Waals surface area contributed by atoms with Crippen LogP contribution in [0.2, 0.25) is 0 Å². The Hall–Kier alpha value is -0.410. The summed E-state index contributed by atoms with van der Waals surface area (Å²) in [5.41, 5.74) is 7.18. The van der Waals surface area contributed by atoms with Crippen molar-refractivity contribution in [2.45, 2.75) is 52.9 Å². The van der Waals surface area contributed by atoms with Gasteiger partial charge in [-0.1, -0.05) is 34.6 Å². The largest absolute Gasteiger partial charge is 0.330 e. The van der Waals surface area contributed by atoms with Gasteiger partial charge in [0.1, 0.15) is 0 Å². The van der Waals surface area contributed by atoms with Crippen molar-refractivity contribution >= 4 is 11.3 Å². The van der Waals surface area contributed by atoms with Crippen LogP contribution < -0.4 is 5.73 Å². The van der Waals surface area contributed by atoms with Gasteiger partial charge in [0.25, 0.3) is 0 Å². The van der Waals surface area contributed by atoms with E-state index in [0.717, 1.165) is 0 Å². The normalized spacial score (nSPS) is 14.5. The Morgan fingerprint density at radius 2 is 1.88 bits per heavy atom. The van der Waals surface area contributed by atoms with Crippen molar-refractivity contribution in [1.82, 2.24) is 4.98 Å². The lowest BCUT2D eigenvalue weighted by molar-refractivity contribution is 0.510. The Bertz CT molecular complexity index is 347. The van der Waals surface area contributed by atoms with Gasteiger partial charge in [0.2, 0.25) is 0 Å². The molecule has 92 valence electrons. The summed E-state index contributed by atoms with van der Waals surface area (Å²) in [7, 11) is 0. The molecule has 1 rings (SSSR count). The van der Waals surface area contributed by atoms with Gasteiger partial charge >= 0.3 is 0 Å². The zero-order valence-corrected chi connectivity index (χ0v) is 12.1.